The molecule has 1 aromatic heterocycles. The lowest BCUT2D eigenvalue weighted by molar-refractivity contribution is -0.120. The van der Waals surface area contributed by atoms with E-state index in [0.29, 0.717) is 12.5 Å². The average molecular weight is 406 g/mol. The highest BCUT2D eigenvalue weighted by Gasteiger charge is 2.33. The molecule has 8 heteroatoms. The Hall–Kier alpha value is -2.09. The number of amides is 1. The number of anilines is 2. The van der Waals surface area contributed by atoms with E-state index in [1.807, 2.05) is 6.92 Å². The van der Waals surface area contributed by atoms with Crippen LogP contribution in [0.5, 0.6) is 0 Å². The van der Waals surface area contributed by atoms with Gasteiger partial charge in [-0.1, -0.05) is 33.1 Å². The van der Waals surface area contributed by atoms with Crippen LogP contribution in [0.15, 0.2) is 9.59 Å². The van der Waals surface area contributed by atoms with E-state index in [0.717, 1.165) is 58.0 Å². The highest BCUT2D eigenvalue weighted by Crippen LogP contribution is 2.30. The number of rotatable bonds is 7. The third-order valence-corrected chi connectivity index (χ3v) is 6.25. The normalized spacial score (nSPS) is 20.8. The largest absolute Gasteiger partial charge is 0.383 e. The van der Waals surface area contributed by atoms with Gasteiger partial charge in [0.2, 0.25) is 5.91 Å². The van der Waals surface area contributed by atoms with Gasteiger partial charge in [-0.2, -0.15) is 0 Å². The fraction of sp³-hybridized carbons (Fsp3) is 0.762. The van der Waals surface area contributed by atoms with Gasteiger partial charge in [-0.3, -0.25) is 24.0 Å². The first-order chi connectivity index (χ1) is 13.9. The summed E-state index contributed by atoms with van der Waals surface area (Å²) in [7, 11) is 0. The first kappa shape index (κ1) is 21.6. The van der Waals surface area contributed by atoms with E-state index >= 15 is 0 Å². The van der Waals surface area contributed by atoms with Crippen molar-refractivity contribution in [2.45, 2.75) is 77.8 Å². The summed E-state index contributed by atoms with van der Waals surface area (Å²) in [6.07, 6.45) is 7.72. The highest BCUT2D eigenvalue weighted by atomic mass is 16.2. The van der Waals surface area contributed by atoms with Crippen molar-refractivity contribution >= 4 is 17.4 Å². The van der Waals surface area contributed by atoms with Gasteiger partial charge in [-0.05, 0) is 44.6 Å². The number of hydrogen-bond donors (Lipinski definition) is 2. The summed E-state index contributed by atoms with van der Waals surface area (Å²) in [5.41, 5.74) is 5.41. The van der Waals surface area contributed by atoms with E-state index in [2.05, 4.69) is 16.8 Å². The molecule has 1 aliphatic carbocycles. The van der Waals surface area contributed by atoms with Gasteiger partial charge in [0.05, 0.1) is 6.54 Å². The minimum atomic E-state index is -0.562. The number of carbonyl (C=O) groups is 1. The van der Waals surface area contributed by atoms with Crippen molar-refractivity contribution in [2.75, 3.05) is 30.3 Å². The van der Waals surface area contributed by atoms with Gasteiger partial charge in [0.25, 0.3) is 5.56 Å². The number of H-pyrrole nitrogens is 1. The first-order valence-electron chi connectivity index (χ1n) is 11.1. The molecule has 0 unspecified atom stereocenters. The standard InChI is InChI=1S/C21H35N5O3/c1-3-4-12-25-19(22)18(20(28)23-21(25)29)26(16-9-5-6-10-16)17(27)14-24-11-7-8-15(2)13-24/h15-16H,3-14,22H2,1-2H3,(H,23,28,29)/t15-/m1/s1. The molecule has 1 saturated carbocycles. The quantitative estimate of drug-likeness (QED) is 0.721. The average Bonchev–Trinajstić information content (AvgIpc) is 3.19. The molecule has 2 aliphatic rings. The maximum atomic E-state index is 13.4. The first-order valence-corrected chi connectivity index (χ1v) is 11.1. The van der Waals surface area contributed by atoms with E-state index in [1.54, 1.807) is 4.90 Å². The highest BCUT2D eigenvalue weighted by molar-refractivity contribution is 5.97. The Morgan fingerprint density at radius 1 is 1.21 bits per heavy atom. The molecule has 3 N–H and O–H groups in total. The second kappa shape index (κ2) is 9.61. The van der Waals surface area contributed by atoms with Crippen molar-refractivity contribution in [3.8, 4) is 0 Å². The third kappa shape index (κ3) is 4.91. The smallest absolute Gasteiger partial charge is 0.330 e. The number of nitrogen functional groups attached to an aromatic ring is 1. The van der Waals surface area contributed by atoms with Crippen LogP contribution in [0.25, 0.3) is 0 Å². The maximum Gasteiger partial charge on any atom is 0.330 e. The number of hydrogen-bond acceptors (Lipinski definition) is 5. The van der Waals surface area contributed by atoms with Crippen molar-refractivity contribution in [1.29, 1.82) is 0 Å². The van der Waals surface area contributed by atoms with E-state index in [4.69, 9.17) is 5.73 Å². The number of nitrogens with zero attached hydrogens (tertiary/aromatic N) is 3. The molecule has 0 bridgehead atoms. The van der Waals surface area contributed by atoms with Gasteiger partial charge in [-0.25, -0.2) is 4.79 Å². The molecule has 0 radical (unpaired) electrons. The topological polar surface area (TPSA) is 104 Å². The van der Waals surface area contributed by atoms with Gasteiger partial charge >= 0.3 is 5.69 Å². The number of aromatic amines is 1. The Balaban J connectivity index is 1.95. The van der Waals surface area contributed by atoms with Gasteiger partial charge in [-0.15, -0.1) is 0 Å². The SMILES string of the molecule is CCCCn1c(N)c(N(C(=O)CN2CCC[C@@H](C)C2)C2CCCC2)c(=O)[nH]c1=O. The Morgan fingerprint density at radius 3 is 2.59 bits per heavy atom. The second-order valence-electron chi connectivity index (χ2n) is 8.68. The zero-order valence-electron chi connectivity index (χ0n) is 17.8. The monoisotopic (exact) mass is 405 g/mol. The molecule has 1 aromatic rings. The van der Waals surface area contributed by atoms with Crippen LogP contribution in [0, 0.1) is 5.92 Å². The Kier molecular flexibility index (Phi) is 7.16. The molecular formula is C21H35N5O3. The van der Waals surface area contributed by atoms with Crippen molar-refractivity contribution in [3.63, 3.8) is 0 Å². The molecule has 1 amide bonds. The molecule has 1 aliphatic heterocycles. The lowest BCUT2D eigenvalue weighted by Crippen LogP contribution is -2.50. The number of likely N-dealkylation sites (tertiary alicyclic amines) is 1. The van der Waals surface area contributed by atoms with Crippen molar-refractivity contribution < 1.29 is 4.79 Å². The van der Waals surface area contributed by atoms with Crippen LogP contribution in [0.3, 0.4) is 0 Å². The molecule has 1 saturated heterocycles. The third-order valence-electron chi connectivity index (χ3n) is 6.25. The summed E-state index contributed by atoms with van der Waals surface area (Å²) in [4.78, 5) is 44.7. The van der Waals surface area contributed by atoms with Crippen LogP contribution < -0.4 is 21.9 Å². The predicted octanol–water partition coefficient (Wildman–Crippen LogP) is 1.93. The maximum absolute atomic E-state index is 13.4. The zero-order chi connectivity index (χ0) is 21.0. The van der Waals surface area contributed by atoms with E-state index in [9.17, 15) is 14.4 Å². The van der Waals surface area contributed by atoms with Gasteiger partial charge < -0.3 is 10.6 Å². The van der Waals surface area contributed by atoms with Gasteiger partial charge in [0, 0.05) is 19.1 Å². The molecule has 162 valence electrons. The summed E-state index contributed by atoms with van der Waals surface area (Å²) in [5.74, 6) is 0.587. The summed E-state index contributed by atoms with van der Waals surface area (Å²) >= 11 is 0. The Labute approximate surface area is 172 Å². The number of carbonyl (C=O) groups excluding carboxylic acids is 1. The number of nitrogens with two attached hydrogens (primary N) is 1. The summed E-state index contributed by atoms with van der Waals surface area (Å²) in [6.45, 7) is 6.75. The van der Waals surface area contributed by atoms with E-state index < -0.39 is 11.2 Å². The molecule has 0 aromatic carbocycles. The minimum absolute atomic E-state index is 0.0368. The second-order valence-corrected chi connectivity index (χ2v) is 8.68. The molecule has 0 spiro atoms. The number of unbranched alkanes of at least 4 members (excludes halogenated alkanes) is 1. The van der Waals surface area contributed by atoms with Gasteiger partial charge in [0.1, 0.15) is 5.82 Å². The fourth-order valence-electron chi connectivity index (χ4n) is 4.72. The van der Waals surface area contributed by atoms with Crippen molar-refractivity contribution in [1.82, 2.24) is 14.5 Å². The van der Waals surface area contributed by atoms with Crippen LogP contribution in [0.1, 0.15) is 65.2 Å². The Morgan fingerprint density at radius 2 is 1.93 bits per heavy atom. The molecule has 2 heterocycles. The fourth-order valence-corrected chi connectivity index (χ4v) is 4.72. The molecule has 29 heavy (non-hydrogen) atoms. The van der Waals surface area contributed by atoms with Crippen LogP contribution >= 0.6 is 0 Å². The minimum Gasteiger partial charge on any atom is -0.383 e. The summed E-state index contributed by atoms with van der Waals surface area (Å²) in [6, 6.07) is -0.0368. The zero-order valence-corrected chi connectivity index (χ0v) is 17.8. The van der Waals surface area contributed by atoms with Crippen LogP contribution in [-0.4, -0.2) is 46.0 Å². The molecule has 8 nitrogen and oxygen atoms in total. The summed E-state index contributed by atoms with van der Waals surface area (Å²) in [5, 5.41) is 0. The Bertz CT molecular complexity index is 825. The van der Waals surface area contributed by atoms with E-state index in [1.165, 1.54) is 11.0 Å². The number of piperidine rings is 1. The molecule has 3 rings (SSSR count). The van der Waals surface area contributed by atoms with Crippen LogP contribution in [0.2, 0.25) is 0 Å². The van der Waals surface area contributed by atoms with Crippen molar-refractivity contribution in [3.05, 3.63) is 20.8 Å². The number of nitrogens with one attached hydrogen (secondary N) is 1. The number of aromatic nitrogens is 2. The van der Waals surface area contributed by atoms with Crippen LogP contribution in [0.4, 0.5) is 11.5 Å². The van der Waals surface area contributed by atoms with Gasteiger partial charge in [0.15, 0.2) is 5.69 Å². The molecule has 2 fully saturated rings. The summed E-state index contributed by atoms with van der Waals surface area (Å²) < 4.78 is 1.40. The van der Waals surface area contributed by atoms with Crippen molar-refractivity contribution in [2.24, 2.45) is 5.92 Å². The van der Waals surface area contributed by atoms with Crippen LogP contribution in [-0.2, 0) is 11.3 Å². The lowest BCUT2D eigenvalue weighted by atomic mass is 10.0. The molecule has 1 atom stereocenters. The predicted molar refractivity (Wildman–Crippen MR) is 115 cm³/mol. The molecular weight excluding hydrogens is 370 g/mol. The lowest BCUT2D eigenvalue weighted by Gasteiger charge is -2.34. The van der Waals surface area contributed by atoms with E-state index in [-0.39, 0.29) is 30.0 Å².